The molecule has 16 heavy (non-hydrogen) atoms. The average Bonchev–Trinajstić information content (AvgIpc) is 2.83. The number of aryl methyl sites for hydroxylation is 1. The van der Waals surface area contributed by atoms with Crippen molar-refractivity contribution in [3.05, 3.63) is 12.4 Å². The molecule has 0 saturated carbocycles. The lowest BCUT2D eigenvalue weighted by atomic mass is 10.2. The minimum absolute atomic E-state index is 0.573. The third kappa shape index (κ3) is 2.55. The summed E-state index contributed by atoms with van der Waals surface area (Å²) in [6.45, 7) is 9.72. The predicted octanol–water partition coefficient (Wildman–Crippen LogP) is 1.48. The van der Waals surface area contributed by atoms with Gasteiger partial charge < -0.3 is 10.2 Å². The largest absolute Gasteiger partial charge is 0.367 e. The second-order valence-electron chi connectivity index (χ2n) is 4.81. The molecule has 1 atom stereocenters. The Labute approximate surface area is 97.6 Å². The standard InChI is InChI=1S/C12H22N4/c1-4-16-9-12(7-13-16)15-6-5-11(8-15)14-10(2)3/h7,9-11,14H,4-6,8H2,1-3H3. The molecule has 2 heterocycles. The van der Waals surface area contributed by atoms with Gasteiger partial charge in [0.05, 0.1) is 11.9 Å². The van der Waals surface area contributed by atoms with Crippen molar-refractivity contribution in [2.45, 2.75) is 45.8 Å². The van der Waals surface area contributed by atoms with Crippen LogP contribution in [0.5, 0.6) is 0 Å². The molecule has 0 aliphatic carbocycles. The molecule has 1 unspecified atom stereocenters. The third-order valence-electron chi connectivity index (χ3n) is 3.07. The van der Waals surface area contributed by atoms with E-state index in [0.717, 1.165) is 19.6 Å². The fraction of sp³-hybridized carbons (Fsp3) is 0.750. The highest BCUT2D eigenvalue weighted by Crippen LogP contribution is 2.19. The maximum atomic E-state index is 4.32. The lowest BCUT2D eigenvalue weighted by Gasteiger charge is -2.18. The van der Waals surface area contributed by atoms with Gasteiger partial charge in [0.15, 0.2) is 0 Å². The first-order valence-electron chi connectivity index (χ1n) is 6.22. The van der Waals surface area contributed by atoms with E-state index in [1.807, 2.05) is 10.9 Å². The molecule has 90 valence electrons. The molecule has 1 aliphatic heterocycles. The van der Waals surface area contributed by atoms with E-state index in [1.165, 1.54) is 12.1 Å². The first-order valence-corrected chi connectivity index (χ1v) is 6.22. The van der Waals surface area contributed by atoms with E-state index in [1.54, 1.807) is 0 Å². The fourth-order valence-corrected chi connectivity index (χ4v) is 2.29. The summed E-state index contributed by atoms with van der Waals surface area (Å²) in [5, 5.41) is 7.91. The van der Waals surface area contributed by atoms with Gasteiger partial charge in [0.1, 0.15) is 0 Å². The lowest BCUT2D eigenvalue weighted by molar-refractivity contribution is 0.492. The van der Waals surface area contributed by atoms with Crippen molar-refractivity contribution in [1.29, 1.82) is 0 Å². The highest BCUT2D eigenvalue weighted by atomic mass is 15.3. The maximum Gasteiger partial charge on any atom is 0.0753 e. The fourth-order valence-electron chi connectivity index (χ4n) is 2.29. The normalized spacial score (nSPS) is 21.0. The Balaban J connectivity index is 1.92. The zero-order chi connectivity index (χ0) is 11.5. The van der Waals surface area contributed by atoms with Crippen LogP contribution in [0.4, 0.5) is 5.69 Å². The Morgan fingerprint density at radius 3 is 3.00 bits per heavy atom. The zero-order valence-corrected chi connectivity index (χ0v) is 10.5. The second kappa shape index (κ2) is 4.87. The van der Waals surface area contributed by atoms with E-state index in [9.17, 15) is 0 Å². The topological polar surface area (TPSA) is 33.1 Å². The quantitative estimate of drug-likeness (QED) is 0.837. The lowest BCUT2D eigenvalue weighted by Crippen LogP contribution is -2.36. The van der Waals surface area contributed by atoms with E-state index < -0.39 is 0 Å². The molecule has 4 nitrogen and oxygen atoms in total. The van der Waals surface area contributed by atoms with Crippen molar-refractivity contribution in [2.24, 2.45) is 0 Å². The first kappa shape index (κ1) is 11.5. The van der Waals surface area contributed by atoms with E-state index in [0.29, 0.717) is 12.1 Å². The second-order valence-corrected chi connectivity index (χ2v) is 4.81. The number of hydrogen-bond acceptors (Lipinski definition) is 3. The molecule has 1 N–H and O–H groups in total. The minimum atomic E-state index is 0.573. The smallest absolute Gasteiger partial charge is 0.0753 e. The molecule has 0 amide bonds. The van der Waals surface area contributed by atoms with Crippen LogP contribution in [0.1, 0.15) is 27.2 Å². The van der Waals surface area contributed by atoms with Gasteiger partial charge in [-0.25, -0.2) is 0 Å². The third-order valence-corrected chi connectivity index (χ3v) is 3.07. The Morgan fingerprint density at radius 2 is 2.38 bits per heavy atom. The molecule has 4 heteroatoms. The Bertz CT molecular complexity index is 332. The molecule has 1 aromatic heterocycles. The Kier molecular flexibility index (Phi) is 3.49. The van der Waals surface area contributed by atoms with E-state index in [2.05, 4.69) is 42.3 Å². The van der Waals surface area contributed by atoms with Crippen LogP contribution in [0.2, 0.25) is 0 Å². The van der Waals surface area contributed by atoms with Crippen molar-refractivity contribution in [1.82, 2.24) is 15.1 Å². The monoisotopic (exact) mass is 222 g/mol. The van der Waals surface area contributed by atoms with Crippen molar-refractivity contribution in [3.8, 4) is 0 Å². The predicted molar refractivity (Wildman–Crippen MR) is 66.8 cm³/mol. The van der Waals surface area contributed by atoms with Crippen LogP contribution >= 0.6 is 0 Å². The van der Waals surface area contributed by atoms with Gasteiger partial charge in [-0.15, -0.1) is 0 Å². The molecule has 0 radical (unpaired) electrons. The highest BCUT2D eigenvalue weighted by Gasteiger charge is 2.23. The van der Waals surface area contributed by atoms with Crippen LogP contribution in [0.3, 0.4) is 0 Å². The van der Waals surface area contributed by atoms with Gasteiger partial charge in [-0.05, 0) is 13.3 Å². The summed E-state index contributed by atoms with van der Waals surface area (Å²) in [4.78, 5) is 2.42. The molecule has 0 bridgehead atoms. The van der Waals surface area contributed by atoms with Crippen LogP contribution in [0.25, 0.3) is 0 Å². The minimum Gasteiger partial charge on any atom is -0.367 e. The summed E-state index contributed by atoms with van der Waals surface area (Å²) in [5.74, 6) is 0. The molecule has 0 aromatic carbocycles. The molecular formula is C12H22N4. The van der Waals surface area contributed by atoms with Crippen LogP contribution in [0, 0.1) is 0 Å². The van der Waals surface area contributed by atoms with E-state index in [4.69, 9.17) is 0 Å². The molecule has 2 rings (SSSR count). The molecule has 1 aromatic rings. The van der Waals surface area contributed by atoms with Crippen LogP contribution < -0.4 is 10.2 Å². The van der Waals surface area contributed by atoms with E-state index in [-0.39, 0.29) is 0 Å². The maximum absolute atomic E-state index is 4.32. The molecular weight excluding hydrogens is 200 g/mol. The number of hydrogen-bond donors (Lipinski definition) is 1. The number of nitrogens with zero attached hydrogens (tertiary/aromatic N) is 3. The number of nitrogens with one attached hydrogen (secondary N) is 1. The van der Waals surface area contributed by atoms with Gasteiger partial charge in [-0.1, -0.05) is 13.8 Å². The van der Waals surface area contributed by atoms with Crippen LogP contribution in [0.15, 0.2) is 12.4 Å². The number of rotatable bonds is 4. The van der Waals surface area contributed by atoms with Gasteiger partial charge >= 0.3 is 0 Å². The number of anilines is 1. The van der Waals surface area contributed by atoms with Crippen LogP contribution in [-0.4, -0.2) is 35.0 Å². The molecule has 0 spiro atoms. The summed E-state index contributed by atoms with van der Waals surface area (Å²) in [5.41, 5.74) is 1.26. The summed E-state index contributed by atoms with van der Waals surface area (Å²) in [6, 6.07) is 1.20. The zero-order valence-electron chi connectivity index (χ0n) is 10.5. The molecule has 1 fully saturated rings. The van der Waals surface area contributed by atoms with Gasteiger partial charge in [-0.2, -0.15) is 5.10 Å². The Morgan fingerprint density at radius 1 is 1.56 bits per heavy atom. The first-order chi connectivity index (χ1) is 7.69. The van der Waals surface area contributed by atoms with Gasteiger partial charge in [-0.3, -0.25) is 4.68 Å². The SMILES string of the molecule is CCn1cc(N2CCC(NC(C)C)C2)cn1. The molecule has 1 saturated heterocycles. The average molecular weight is 222 g/mol. The van der Waals surface area contributed by atoms with Crippen molar-refractivity contribution in [3.63, 3.8) is 0 Å². The summed E-state index contributed by atoms with van der Waals surface area (Å²) < 4.78 is 1.98. The van der Waals surface area contributed by atoms with Crippen molar-refractivity contribution >= 4 is 5.69 Å². The Hall–Kier alpha value is -1.03. The number of aromatic nitrogens is 2. The summed E-state index contributed by atoms with van der Waals surface area (Å²) in [6.07, 6.45) is 5.34. The van der Waals surface area contributed by atoms with Gasteiger partial charge in [0.25, 0.3) is 0 Å². The summed E-state index contributed by atoms with van der Waals surface area (Å²) in [7, 11) is 0. The summed E-state index contributed by atoms with van der Waals surface area (Å²) >= 11 is 0. The van der Waals surface area contributed by atoms with Gasteiger partial charge in [0.2, 0.25) is 0 Å². The highest BCUT2D eigenvalue weighted by molar-refractivity contribution is 5.43. The van der Waals surface area contributed by atoms with Crippen molar-refractivity contribution in [2.75, 3.05) is 18.0 Å². The van der Waals surface area contributed by atoms with Crippen LogP contribution in [-0.2, 0) is 6.54 Å². The van der Waals surface area contributed by atoms with Crippen molar-refractivity contribution < 1.29 is 0 Å². The van der Waals surface area contributed by atoms with Gasteiger partial charge in [0, 0.05) is 37.9 Å². The molecule has 1 aliphatic rings. The van der Waals surface area contributed by atoms with E-state index >= 15 is 0 Å².